The lowest BCUT2D eigenvalue weighted by Gasteiger charge is -2.35. The van der Waals surface area contributed by atoms with Gasteiger partial charge in [0, 0.05) is 51.4 Å². The van der Waals surface area contributed by atoms with Gasteiger partial charge in [-0.15, -0.1) is 0 Å². The zero-order valence-corrected chi connectivity index (χ0v) is 11.2. The number of anilines is 1. The maximum atomic E-state index is 11.9. The standard InChI is InChI=1S/C13H18N4O3/c18-12(2-1-3-13(19)20)17-8-6-16(7-9-17)11-10-14-4-5-15-11/h4-5,10H,1-3,6-9H2,(H,19,20). The molecule has 0 atom stereocenters. The molecule has 0 spiro atoms. The van der Waals surface area contributed by atoms with Gasteiger partial charge in [0.1, 0.15) is 5.82 Å². The van der Waals surface area contributed by atoms with Crippen molar-refractivity contribution < 1.29 is 14.7 Å². The van der Waals surface area contributed by atoms with Crippen molar-refractivity contribution in [3.8, 4) is 0 Å². The van der Waals surface area contributed by atoms with E-state index in [9.17, 15) is 9.59 Å². The SMILES string of the molecule is O=C(O)CCCC(=O)N1CCN(c2cnccn2)CC1. The molecule has 1 aromatic rings. The topological polar surface area (TPSA) is 86.6 Å². The van der Waals surface area contributed by atoms with Crippen molar-refractivity contribution >= 4 is 17.7 Å². The van der Waals surface area contributed by atoms with Crippen LogP contribution in [0.1, 0.15) is 19.3 Å². The van der Waals surface area contributed by atoms with Crippen molar-refractivity contribution in [2.75, 3.05) is 31.1 Å². The molecule has 1 fully saturated rings. The van der Waals surface area contributed by atoms with Crippen LogP contribution >= 0.6 is 0 Å². The number of aliphatic carboxylic acids is 1. The quantitative estimate of drug-likeness (QED) is 0.838. The summed E-state index contributed by atoms with van der Waals surface area (Å²) < 4.78 is 0. The molecule has 108 valence electrons. The molecular formula is C13H18N4O3. The molecule has 7 heteroatoms. The average Bonchev–Trinajstić information content (AvgIpc) is 2.48. The Morgan fingerprint density at radius 2 is 1.90 bits per heavy atom. The van der Waals surface area contributed by atoms with Crippen LogP contribution < -0.4 is 4.90 Å². The fourth-order valence-corrected chi connectivity index (χ4v) is 2.19. The molecule has 2 heterocycles. The van der Waals surface area contributed by atoms with Gasteiger partial charge in [-0.25, -0.2) is 4.98 Å². The van der Waals surface area contributed by atoms with Crippen LogP contribution in [-0.2, 0) is 9.59 Å². The molecular weight excluding hydrogens is 260 g/mol. The second-order valence-electron chi connectivity index (χ2n) is 4.68. The highest BCUT2D eigenvalue weighted by atomic mass is 16.4. The van der Waals surface area contributed by atoms with Gasteiger partial charge in [-0.3, -0.25) is 14.6 Å². The predicted molar refractivity (Wildman–Crippen MR) is 72.3 cm³/mol. The zero-order valence-electron chi connectivity index (χ0n) is 11.2. The van der Waals surface area contributed by atoms with E-state index in [1.54, 1.807) is 23.5 Å². The summed E-state index contributed by atoms with van der Waals surface area (Å²) in [6.07, 6.45) is 5.75. The highest BCUT2D eigenvalue weighted by molar-refractivity contribution is 5.77. The van der Waals surface area contributed by atoms with Crippen LogP contribution in [0.15, 0.2) is 18.6 Å². The molecule has 0 aromatic carbocycles. The molecule has 7 nitrogen and oxygen atoms in total. The number of hydrogen-bond donors (Lipinski definition) is 1. The van der Waals surface area contributed by atoms with Gasteiger partial charge >= 0.3 is 5.97 Å². The summed E-state index contributed by atoms with van der Waals surface area (Å²) in [5, 5.41) is 8.55. The Morgan fingerprint density at radius 1 is 1.15 bits per heavy atom. The number of amides is 1. The van der Waals surface area contributed by atoms with E-state index in [0.717, 1.165) is 18.9 Å². The summed E-state index contributed by atoms with van der Waals surface area (Å²) in [5.41, 5.74) is 0. The molecule has 1 N–H and O–H groups in total. The number of carboxylic acid groups (broad SMARTS) is 1. The van der Waals surface area contributed by atoms with Crippen molar-refractivity contribution in [1.82, 2.24) is 14.9 Å². The van der Waals surface area contributed by atoms with Gasteiger partial charge in [-0.2, -0.15) is 0 Å². The second-order valence-corrected chi connectivity index (χ2v) is 4.68. The van der Waals surface area contributed by atoms with Gasteiger partial charge < -0.3 is 14.9 Å². The van der Waals surface area contributed by atoms with Crippen molar-refractivity contribution in [2.45, 2.75) is 19.3 Å². The lowest BCUT2D eigenvalue weighted by atomic mass is 10.2. The van der Waals surface area contributed by atoms with Crippen LogP contribution in [0, 0.1) is 0 Å². The van der Waals surface area contributed by atoms with E-state index < -0.39 is 5.97 Å². The second kappa shape index (κ2) is 6.83. The van der Waals surface area contributed by atoms with Crippen LogP contribution in [0.5, 0.6) is 0 Å². The van der Waals surface area contributed by atoms with Crippen molar-refractivity contribution in [3.63, 3.8) is 0 Å². The molecule has 1 aliphatic rings. The Bertz CT molecular complexity index is 458. The summed E-state index contributed by atoms with van der Waals surface area (Å²) in [7, 11) is 0. The highest BCUT2D eigenvalue weighted by Gasteiger charge is 2.21. The number of piperazine rings is 1. The third kappa shape index (κ3) is 3.91. The molecule has 2 rings (SSSR count). The van der Waals surface area contributed by atoms with E-state index in [-0.39, 0.29) is 12.3 Å². The molecule has 20 heavy (non-hydrogen) atoms. The largest absolute Gasteiger partial charge is 0.481 e. The molecule has 0 aliphatic carbocycles. The van der Waals surface area contributed by atoms with Gasteiger partial charge in [0.2, 0.25) is 5.91 Å². The summed E-state index contributed by atoms with van der Waals surface area (Å²) in [5.74, 6) is 0.000735. The first kappa shape index (κ1) is 14.2. The minimum absolute atomic E-state index is 0.0324. The Balaban J connectivity index is 1.76. The Kier molecular flexibility index (Phi) is 4.86. The van der Waals surface area contributed by atoms with Gasteiger partial charge in [-0.05, 0) is 6.42 Å². The summed E-state index contributed by atoms with van der Waals surface area (Å²) in [6, 6.07) is 0. The highest BCUT2D eigenvalue weighted by Crippen LogP contribution is 2.12. The summed E-state index contributed by atoms with van der Waals surface area (Å²) in [6.45, 7) is 2.73. The number of hydrogen-bond acceptors (Lipinski definition) is 5. The van der Waals surface area contributed by atoms with E-state index in [2.05, 4.69) is 14.9 Å². The average molecular weight is 278 g/mol. The molecule has 0 unspecified atom stereocenters. The lowest BCUT2D eigenvalue weighted by Crippen LogP contribution is -2.49. The van der Waals surface area contributed by atoms with E-state index in [0.29, 0.717) is 25.9 Å². The Morgan fingerprint density at radius 3 is 2.50 bits per heavy atom. The van der Waals surface area contributed by atoms with Crippen LogP contribution in [0.2, 0.25) is 0 Å². The normalized spacial score (nSPS) is 15.2. The Labute approximate surface area is 117 Å². The molecule has 1 saturated heterocycles. The molecule has 0 radical (unpaired) electrons. The number of carbonyl (C=O) groups excluding carboxylic acids is 1. The van der Waals surface area contributed by atoms with Crippen LogP contribution in [-0.4, -0.2) is 58.0 Å². The maximum absolute atomic E-state index is 11.9. The third-order valence-electron chi connectivity index (χ3n) is 3.29. The molecule has 0 bridgehead atoms. The van der Waals surface area contributed by atoms with E-state index in [1.165, 1.54) is 0 Å². The minimum atomic E-state index is -0.856. The number of aromatic nitrogens is 2. The van der Waals surface area contributed by atoms with Gasteiger partial charge in [0.05, 0.1) is 6.20 Å². The molecule has 1 amide bonds. The predicted octanol–water partition coefficient (Wildman–Crippen LogP) is 0.380. The number of carboxylic acids is 1. The minimum Gasteiger partial charge on any atom is -0.481 e. The number of rotatable bonds is 5. The van der Waals surface area contributed by atoms with Gasteiger partial charge in [0.25, 0.3) is 0 Å². The van der Waals surface area contributed by atoms with Gasteiger partial charge in [-0.1, -0.05) is 0 Å². The molecule has 1 aliphatic heterocycles. The fraction of sp³-hybridized carbons (Fsp3) is 0.538. The first-order chi connectivity index (χ1) is 9.66. The molecule has 0 saturated carbocycles. The fourth-order valence-electron chi connectivity index (χ4n) is 2.19. The third-order valence-corrected chi connectivity index (χ3v) is 3.29. The van der Waals surface area contributed by atoms with Gasteiger partial charge in [0.15, 0.2) is 0 Å². The monoisotopic (exact) mass is 278 g/mol. The summed E-state index contributed by atoms with van der Waals surface area (Å²) in [4.78, 5) is 34.5. The van der Waals surface area contributed by atoms with Crippen molar-refractivity contribution in [3.05, 3.63) is 18.6 Å². The molecule has 1 aromatic heterocycles. The van der Waals surface area contributed by atoms with E-state index in [1.807, 2.05) is 0 Å². The number of carbonyl (C=O) groups is 2. The smallest absolute Gasteiger partial charge is 0.303 e. The first-order valence-electron chi connectivity index (χ1n) is 6.67. The first-order valence-corrected chi connectivity index (χ1v) is 6.67. The van der Waals surface area contributed by atoms with Crippen molar-refractivity contribution in [1.29, 1.82) is 0 Å². The van der Waals surface area contributed by atoms with Crippen LogP contribution in [0.4, 0.5) is 5.82 Å². The van der Waals surface area contributed by atoms with E-state index in [4.69, 9.17) is 5.11 Å². The van der Waals surface area contributed by atoms with Crippen molar-refractivity contribution in [2.24, 2.45) is 0 Å². The van der Waals surface area contributed by atoms with Crippen LogP contribution in [0.3, 0.4) is 0 Å². The maximum Gasteiger partial charge on any atom is 0.303 e. The van der Waals surface area contributed by atoms with E-state index >= 15 is 0 Å². The lowest BCUT2D eigenvalue weighted by molar-refractivity contribution is -0.137. The number of nitrogens with zero attached hydrogens (tertiary/aromatic N) is 4. The van der Waals surface area contributed by atoms with Crippen LogP contribution in [0.25, 0.3) is 0 Å². The Hall–Kier alpha value is -2.18. The summed E-state index contributed by atoms with van der Waals surface area (Å²) >= 11 is 0. The zero-order chi connectivity index (χ0) is 14.4.